The molecule has 0 bridgehead atoms. The Balaban J connectivity index is 1.64. The van der Waals surface area contributed by atoms with Gasteiger partial charge in [0.15, 0.2) is 5.82 Å². The Morgan fingerprint density at radius 1 is 1.09 bits per heavy atom. The number of nitrogens with zero attached hydrogens (tertiary/aromatic N) is 6. The Morgan fingerprint density at radius 3 is 2.53 bits per heavy atom. The summed E-state index contributed by atoms with van der Waals surface area (Å²) in [5.74, 6) is 0.803. The largest absolute Gasteiger partial charge is 0.321 e. The van der Waals surface area contributed by atoms with Crippen molar-refractivity contribution in [3.8, 4) is 0 Å². The summed E-state index contributed by atoms with van der Waals surface area (Å²) in [5, 5.41) is 14.1. The minimum Gasteiger partial charge on any atom is -0.321 e. The van der Waals surface area contributed by atoms with Crippen LogP contribution in [0.3, 0.4) is 0 Å². The lowest BCUT2D eigenvalue weighted by molar-refractivity contribution is 0.107. The molecule has 0 radical (unpaired) electrons. The lowest BCUT2D eigenvalue weighted by Gasteiger charge is -2.38. The van der Waals surface area contributed by atoms with Crippen molar-refractivity contribution in [2.24, 2.45) is 0 Å². The second-order valence-electron chi connectivity index (χ2n) is 9.33. The van der Waals surface area contributed by atoms with E-state index in [2.05, 4.69) is 62.4 Å². The summed E-state index contributed by atoms with van der Waals surface area (Å²) < 4.78 is 2.01. The van der Waals surface area contributed by atoms with Crippen LogP contribution in [0.1, 0.15) is 67.2 Å². The van der Waals surface area contributed by atoms with Crippen molar-refractivity contribution >= 4 is 10.9 Å². The molecule has 1 atom stereocenters. The number of aryl methyl sites for hydroxylation is 2. The first kappa shape index (κ1) is 21.3. The summed E-state index contributed by atoms with van der Waals surface area (Å²) in [5.41, 5.74) is 3.86. The van der Waals surface area contributed by atoms with E-state index >= 15 is 0 Å². The predicted molar refractivity (Wildman–Crippen MR) is 125 cm³/mol. The Kier molecular flexibility index (Phi) is 5.82. The second-order valence-corrected chi connectivity index (χ2v) is 9.33. The number of aromatic nitrogens is 5. The molecule has 5 rings (SSSR count). The lowest BCUT2D eigenvalue weighted by atomic mass is 9.99. The standard InChI is InChI=1S/C24H33N7O/c1-4-29-11-13-30(14-12-29)22(23-26-27-28-31(23)18-7-5-6-8-18)20-15-19-16(2)9-10-17(3)21(19)25-24(20)32/h9-10,15,18,22H,4-8,11-14H2,1-3H3,(H,25,32). The molecular formula is C24H33N7O. The van der Waals surface area contributed by atoms with E-state index in [4.69, 9.17) is 0 Å². The minimum absolute atomic E-state index is 0.0462. The van der Waals surface area contributed by atoms with E-state index in [9.17, 15) is 4.79 Å². The number of benzene rings is 1. The van der Waals surface area contributed by atoms with Gasteiger partial charge in [-0.05, 0) is 60.9 Å². The van der Waals surface area contributed by atoms with Gasteiger partial charge < -0.3 is 9.88 Å². The van der Waals surface area contributed by atoms with E-state index in [1.807, 2.05) is 11.6 Å². The van der Waals surface area contributed by atoms with Gasteiger partial charge in [0.25, 0.3) is 5.56 Å². The summed E-state index contributed by atoms with van der Waals surface area (Å²) in [6, 6.07) is 6.34. The van der Waals surface area contributed by atoms with Gasteiger partial charge in [0.05, 0.1) is 11.6 Å². The molecule has 8 nitrogen and oxygen atoms in total. The maximum absolute atomic E-state index is 13.5. The van der Waals surface area contributed by atoms with Crippen LogP contribution in [-0.2, 0) is 0 Å². The fourth-order valence-corrected chi connectivity index (χ4v) is 5.42. The van der Waals surface area contributed by atoms with Gasteiger partial charge in [-0.1, -0.05) is 31.9 Å². The first-order valence-electron chi connectivity index (χ1n) is 11.9. The predicted octanol–water partition coefficient (Wildman–Crippen LogP) is 2.97. The van der Waals surface area contributed by atoms with E-state index < -0.39 is 0 Å². The Bertz CT molecular complexity index is 1150. The molecule has 1 saturated carbocycles. The van der Waals surface area contributed by atoms with Crippen molar-refractivity contribution < 1.29 is 0 Å². The maximum atomic E-state index is 13.5. The molecule has 1 N–H and O–H groups in total. The van der Waals surface area contributed by atoms with Crippen LogP contribution in [0.5, 0.6) is 0 Å². The highest BCUT2D eigenvalue weighted by Gasteiger charge is 2.34. The minimum atomic E-state index is -0.252. The Morgan fingerprint density at radius 2 is 1.81 bits per heavy atom. The molecule has 1 saturated heterocycles. The fourth-order valence-electron chi connectivity index (χ4n) is 5.42. The number of hydrogen-bond acceptors (Lipinski definition) is 6. The molecule has 2 aromatic heterocycles. The molecule has 1 aliphatic heterocycles. The lowest BCUT2D eigenvalue weighted by Crippen LogP contribution is -2.49. The van der Waals surface area contributed by atoms with Gasteiger partial charge in [-0.2, -0.15) is 0 Å². The van der Waals surface area contributed by atoms with Gasteiger partial charge in [-0.3, -0.25) is 9.69 Å². The maximum Gasteiger partial charge on any atom is 0.253 e. The van der Waals surface area contributed by atoms with Crippen molar-refractivity contribution in [1.82, 2.24) is 35.0 Å². The molecule has 1 aliphatic carbocycles. The average Bonchev–Trinajstić information content (AvgIpc) is 3.50. The Hall–Kier alpha value is -2.58. The van der Waals surface area contributed by atoms with Gasteiger partial charge >= 0.3 is 0 Å². The van der Waals surface area contributed by atoms with Crippen molar-refractivity contribution in [2.45, 2.75) is 58.5 Å². The van der Waals surface area contributed by atoms with Crippen molar-refractivity contribution in [3.05, 3.63) is 51.1 Å². The van der Waals surface area contributed by atoms with Gasteiger partial charge in [0, 0.05) is 37.1 Å². The van der Waals surface area contributed by atoms with E-state index in [0.29, 0.717) is 6.04 Å². The molecule has 1 aromatic carbocycles. The molecule has 2 aliphatic rings. The van der Waals surface area contributed by atoms with Gasteiger partial charge in [0.1, 0.15) is 6.04 Å². The SMILES string of the molecule is CCN1CCN(C(c2cc3c(C)ccc(C)c3[nH]c2=O)c2nnnn2C2CCCC2)CC1. The quantitative estimate of drug-likeness (QED) is 0.663. The summed E-state index contributed by atoms with van der Waals surface area (Å²) in [4.78, 5) is 21.5. The molecule has 32 heavy (non-hydrogen) atoms. The average molecular weight is 436 g/mol. The molecule has 2 fully saturated rings. The van der Waals surface area contributed by atoms with Gasteiger partial charge in [-0.25, -0.2) is 4.68 Å². The summed E-state index contributed by atoms with van der Waals surface area (Å²) in [6.45, 7) is 11.1. The number of rotatable bonds is 5. The van der Waals surface area contributed by atoms with Crippen molar-refractivity contribution in [3.63, 3.8) is 0 Å². The molecule has 0 spiro atoms. The monoisotopic (exact) mass is 435 g/mol. The second kappa shape index (κ2) is 8.75. The van der Waals surface area contributed by atoms with Crippen LogP contribution in [-0.4, -0.2) is 67.7 Å². The van der Waals surface area contributed by atoms with Crippen LogP contribution in [0.15, 0.2) is 23.0 Å². The normalized spacial score (nSPS) is 19.7. The van der Waals surface area contributed by atoms with Crippen LogP contribution in [0.4, 0.5) is 0 Å². The van der Waals surface area contributed by atoms with E-state index in [0.717, 1.165) is 79.0 Å². The topological polar surface area (TPSA) is 82.9 Å². The smallest absolute Gasteiger partial charge is 0.253 e. The molecule has 8 heteroatoms. The van der Waals surface area contributed by atoms with E-state index in [1.54, 1.807) is 0 Å². The molecule has 170 valence electrons. The number of hydrogen-bond donors (Lipinski definition) is 1. The highest BCUT2D eigenvalue weighted by Crippen LogP contribution is 2.34. The van der Waals surface area contributed by atoms with Crippen molar-refractivity contribution in [1.29, 1.82) is 0 Å². The Labute approximate surface area is 188 Å². The van der Waals surface area contributed by atoms with Crippen LogP contribution in [0, 0.1) is 13.8 Å². The molecule has 0 amide bonds. The number of pyridine rings is 1. The molecule has 1 unspecified atom stereocenters. The zero-order valence-corrected chi connectivity index (χ0v) is 19.3. The number of piperazine rings is 1. The molecule has 3 aromatic rings. The third-order valence-electron chi connectivity index (χ3n) is 7.42. The molecular weight excluding hydrogens is 402 g/mol. The van der Waals surface area contributed by atoms with Crippen LogP contribution in [0.25, 0.3) is 10.9 Å². The first-order chi connectivity index (χ1) is 15.6. The van der Waals surface area contributed by atoms with Crippen LogP contribution >= 0.6 is 0 Å². The first-order valence-corrected chi connectivity index (χ1v) is 11.9. The number of fused-ring (bicyclic) bond motifs is 1. The number of aromatic amines is 1. The van der Waals surface area contributed by atoms with E-state index in [-0.39, 0.29) is 11.6 Å². The van der Waals surface area contributed by atoms with Crippen LogP contribution < -0.4 is 5.56 Å². The zero-order valence-electron chi connectivity index (χ0n) is 19.3. The van der Waals surface area contributed by atoms with Gasteiger partial charge in [-0.15, -0.1) is 5.10 Å². The number of H-pyrrole nitrogens is 1. The highest BCUT2D eigenvalue weighted by molar-refractivity contribution is 5.85. The van der Waals surface area contributed by atoms with Gasteiger partial charge in [0.2, 0.25) is 0 Å². The number of nitrogens with one attached hydrogen (secondary N) is 1. The summed E-state index contributed by atoms with van der Waals surface area (Å²) in [7, 11) is 0. The number of tetrazole rings is 1. The summed E-state index contributed by atoms with van der Waals surface area (Å²) in [6.07, 6.45) is 4.61. The molecule has 3 heterocycles. The highest BCUT2D eigenvalue weighted by atomic mass is 16.1. The summed E-state index contributed by atoms with van der Waals surface area (Å²) >= 11 is 0. The zero-order chi connectivity index (χ0) is 22.2. The van der Waals surface area contributed by atoms with Crippen molar-refractivity contribution in [2.75, 3.05) is 32.7 Å². The fraction of sp³-hybridized carbons (Fsp3) is 0.583. The third-order valence-corrected chi connectivity index (χ3v) is 7.42. The van der Waals surface area contributed by atoms with Crippen LogP contribution in [0.2, 0.25) is 0 Å². The number of likely N-dealkylation sites (N-methyl/N-ethyl adjacent to an activating group) is 1. The third kappa shape index (κ3) is 3.75. The van der Waals surface area contributed by atoms with E-state index in [1.165, 1.54) is 12.8 Å².